The molecule has 0 aliphatic carbocycles. The van der Waals surface area contributed by atoms with E-state index in [2.05, 4.69) is 47.5 Å². The monoisotopic (exact) mass is 307 g/mol. The Morgan fingerprint density at radius 1 is 1.33 bits per heavy atom. The van der Waals surface area contributed by atoms with Crippen LogP contribution in [0.3, 0.4) is 0 Å². The summed E-state index contributed by atoms with van der Waals surface area (Å²) in [4.78, 5) is 6.73. The van der Waals surface area contributed by atoms with Crippen LogP contribution in [-0.4, -0.2) is 23.5 Å². The van der Waals surface area contributed by atoms with Gasteiger partial charge >= 0.3 is 0 Å². The Bertz CT molecular complexity index is 562. The van der Waals surface area contributed by atoms with E-state index in [1.807, 2.05) is 6.92 Å². The van der Waals surface area contributed by atoms with Gasteiger partial charge in [-0.2, -0.15) is 0 Å². The molecular formula is C16H25N3OS. The lowest BCUT2D eigenvalue weighted by Crippen LogP contribution is -2.17. The van der Waals surface area contributed by atoms with Gasteiger partial charge in [-0.25, -0.2) is 4.98 Å². The van der Waals surface area contributed by atoms with E-state index in [4.69, 9.17) is 4.42 Å². The molecule has 2 heterocycles. The smallest absolute Gasteiger partial charge is 0.120 e. The number of furan rings is 1. The molecule has 0 radical (unpaired) electrons. The van der Waals surface area contributed by atoms with Gasteiger partial charge in [0.15, 0.2) is 0 Å². The maximum Gasteiger partial charge on any atom is 0.120 e. The molecule has 116 valence electrons. The second-order valence-corrected chi connectivity index (χ2v) is 6.59. The molecule has 0 unspecified atom stereocenters. The number of nitrogens with one attached hydrogen (secondary N) is 1. The quantitative estimate of drug-likeness (QED) is 0.758. The van der Waals surface area contributed by atoms with Gasteiger partial charge in [0.1, 0.15) is 11.5 Å². The van der Waals surface area contributed by atoms with Crippen molar-refractivity contribution in [2.75, 3.05) is 13.6 Å². The highest BCUT2D eigenvalue weighted by molar-refractivity contribution is 7.09. The highest BCUT2D eigenvalue weighted by Crippen LogP contribution is 2.17. The Kier molecular flexibility index (Phi) is 5.96. The van der Waals surface area contributed by atoms with Gasteiger partial charge < -0.3 is 9.73 Å². The van der Waals surface area contributed by atoms with Crippen molar-refractivity contribution in [3.8, 4) is 0 Å². The van der Waals surface area contributed by atoms with E-state index in [9.17, 15) is 0 Å². The first-order valence-electron chi connectivity index (χ1n) is 7.47. The average molecular weight is 307 g/mol. The normalized spacial score (nSPS) is 11.5. The van der Waals surface area contributed by atoms with Crippen molar-refractivity contribution < 1.29 is 4.42 Å². The molecule has 0 atom stereocenters. The number of aryl methyl sites for hydroxylation is 2. The molecule has 2 rings (SSSR count). The van der Waals surface area contributed by atoms with Crippen LogP contribution in [0.1, 0.15) is 41.1 Å². The minimum absolute atomic E-state index is 0.811. The van der Waals surface area contributed by atoms with Crippen LogP contribution in [0, 0.1) is 13.8 Å². The molecule has 2 aromatic heterocycles. The van der Waals surface area contributed by atoms with Crippen LogP contribution in [0.25, 0.3) is 0 Å². The molecule has 5 heteroatoms. The average Bonchev–Trinajstić information content (AvgIpc) is 2.96. The van der Waals surface area contributed by atoms with E-state index in [0.29, 0.717) is 0 Å². The zero-order valence-corrected chi connectivity index (χ0v) is 14.2. The van der Waals surface area contributed by atoms with E-state index in [-0.39, 0.29) is 0 Å². The summed E-state index contributed by atoms with van der Waals surface area (Å²) in [5, 5.41) is 6.63. The molecule has 0 bridgehead atoms. The first-order chi connectivity index (χ1) is 10.1. The fourth-order valence-electron chi connectivity index (χ4n) is 2.30. The van der Waals surface area contributed by atoms with Crippen LogP contribution in [0.15, 0.2) is 15.9 Å². The lowest BCUT2D eigenvalue weighted by atomic mass is 10.2. The van der Waals surface area contributed by atoms with Crippen LogP contribution in [0.5, 0.6) is 0 Å². The third-order valence-corrected chi connectivity index (χ3v) is 4.13. The Balaban J connectivity index is 1.88. The van der Waals surface area contributed by atoms with Crippen LogP contribution in [-0.2, 0) is 19.6 Å². The third kappa shape index (κ3) is 4.95. The molecule has 4 nitrogen and oxygen atoms in total. The van der Waals surface area contributed by atoms with Gasteiger partial charge in [0, 0.05) is 11.9 Å². The summed E-state index contributed by atoms with van der Waals surface area (Å²) in [7, 11) is 2.10. The fourth-order valence-corrected chi connectivity index (χ4v) is 2.91. The van der Waals surface area contributed by atoms with Crippen LogP contribution < -0.4 is 5.32 Å². The summed E-state index contributed by atoms with van der Waals surface area (Å²) in [6, 6.07) is 2.14. The highest BCUT2D eigenvalue weighted by atomic mass is 32.1. The number of aromatic nitrogens is 1. The molecular weight excluding hydrogens is 282 g/mol. The molecule has 0 amide bonds. The maximum atomic E-state index is 5.95. The van der Waals surface area contributed by atoms with Crippen molar-refractivity contribution in [2.24, 2.45) is 0 Å². The minimum Gasteiger partial charge on any atom is -0.463 e. The fraction of sp³-hybridized carbons (Fsp3) is 0.562. The molecule has 2 aromatic rings. The summed E-state index contributed by atoms with van der Waals surface area (Å²) in [6.07, 6.45) is 1.14. The van der Waals surface area contributed by atoms with E-state index in [1.165, 1.54) is 5.56 Å². The van der Waals surface area contributed by atoms with Crippen LogP contribution in [0.4, 0.5) is 0 Å². The number of rotatable bonds is 8. The molecule has 21 heavy (non-hydrogen) atoms. The predicted molar refractivity (Wildman–Crippen MR) is 87.5 cm³/mol. The van der Waals surface area contributed by atoms with E-state index in [1.54, 1.807) is 11.3 Å². The van der Waals surface area contributed by atoms with E-state index < -0.39 is 0 Å². The second kappa shape index (κ2) is 7.73. The molecule has 0 aliphatic heterocycles. The van der Waals surface area contributed by atoms with Gasteiger partial charge in [-0.1, -0.05) is 6.92 Å². The lowest BCUT2D eigenvalue weighted by molar-refractivity contribution is 0.280. The molecule has 0 saturated heterocycles. The van der Waals surface area contributed by atoms with Gasteiger partial charge in [-0.15, -0.1) is 11.3 Å². The molecule has 0 spiro atoms. The molecule has 0 aromatic carbocycles. The highest BCUT2D eigenvalue weighted by Gasteiger charge is 2.10. The van der Waals surface area contributed by atoms with Crippen LogP contribution >= 0.6 is 11.3 Å². The minimum atomic E-state index is 0.811. The first kappa shape index (κ1) is 16.2. The van der Waals surface area contributed by atoms with Crippen molar-refractivity contribution in [3.05, 3.63) is 39.2 Å². The van der Waals surface area contributed by atoms with Crippen LogP contribution in [0.2, 0.25) is 0 Å². The van der Waals surface area contributed by atoms with Crippen molar-refractivity contribution >= 4 is 11.3 Å². The second-order valence-electron chi connectivity index (χ2n) is 5.53. The summed E-state index contributed by atoms with van der Waals surface area (Å²) < 4.78 is 5.95. The van der Waals surface area contributed by atoms with Gasteiger partial charge in [0.25, 0.3) is 0 Å². The molecule has 0 saturated carbocycles. The Morgan fingerprint density at radius 2 is 2.14 bits per heavy atom. The number of thiazole rings is 1. The zero-order chi connectivity index (χ0) is 15.2. The maximum absolute atomic E-state index is 5.95. The molecule has 0 aliphatic rings. The van der Waals surface area contributed by atoms with Gasteiger partial charge in [-0.3, -0.25) is 4.90 Å². The summed E-state index contributed by atoms with van der Waals surface area (Å²) in [5.74, 6) is 2.08. The largest absolute Gasteiger partial charge is 0.463 e. The van der Waals surface area contributed by atoms with Gasteiger partial charge in [0.2, 0.25) is 0 Å². The number of nitrogens with zero attached hydrogens (tertiary/aromatic N) is 2. The van der Waals surface area contributed by atoms with Gasteiger partial charge in [0.05, 0.1) is 23.8 Å². The van der Waals surface area contributed by atoms with Gasteiger partial charge in [-0.05, 0) is 45.5 Å². The Morgan fingerprint density at radius 3 is 2.81 bits per heavy atom. The standard InChI is InChI=1S/C16H25N3OS/c1-5-6-17-8-16-12(2)7-15(20-16)10-19(4)9-14-11-21-13(3)18-14/h7,11,17H,5-6,8-10H2,1-4H3. The lowest BCUT2D eigenvalue weighted by Gasteiger charge is -2.13. The SMILES string of the molecule is CCCNCc1oc(CN(C)Cc2csc(C)n2)cc1C. The van der Waals surface area contributed by atoms with E-state index in [0.717, 1.165) is 54.8 Å². The first-order valence-corrected chi connectivity index (χ1v) is 8.35. The van der Waals surface area contributed by atoms with Crippen molar-refractivity contribution in [1.29, 1.82) is 0 Å². The summed E-state index contributed by atoms with van der Waals surface area (Å²) in [5.41, 5.74) is 2.36. The van der Waals surface area contributed by atoms with Crippen molar-refractivity contribution in [2.45, 2.75) is 46.8 Å². The Hall–Kier alpha value is -1.17. The summed E-state index contributed by atoms with van der Waals surface area (Å²) >= 11 is 1.70. The topological polar surface area (TPSA) is 41.3 Å². The molecule has 1 N–H and O–H groups in total. The van der Waals surface area contributed by atoms with E-state index >= 15 is 0 Å². The third-order valence-electron chi connectivity index (χ3n) is 3.31. The summed E-state index contributed by atoms with van der Waals surface area (Å²) in [6.45, 7) is 9.83. The van der Waals surface area contributed by atoms with Crippen molar-refractivity contribution in [3.63, 3.8) is 0 Å². The Labute approximate surface area is 131 Å². The number of hydrogen-bond donors (Lipinski definition) is 1. The predicted octanol–water partition coefficient (Wildman–Crippen LogP) is 3.48. The zero-order valence-electron chi connectivity index (χ0n) is 13.4. The number of hydrogen-bond acceptors (Lipinski definition) is 5. The van der Waals surface area contributed by atoms with Crippen molar-refractivity contribution in [1.82, 2.24) is 15.2 Å². The molecule has 0 fully saturated rings.